The van der Waals surface area contributed by atoms with E-state index in [2.05, 4.69) is 10.2 Å². The molecule has 5 heteroatoms. The van der Waals surface area contributed by atoms with Crippen LogP contribution in [0.1, 0.15) is 38.7 Å². The molecule has 0 N–H and O–H groups in total. The van der Waals surface area contributed by atoms with Gasteiger partial charge in [0.25, 0.3) is 0 Å². The summed E-state index contributed by atoms with van der Waals surface area (Å²) in [5.41, 5.74) is 0.687. The lowest BCUT2D eigenvalue weighted by Gasteiger charge is -2.39. The van der Waals surface area contributed by atoms with Crippen LogP contribution in [0.5, 0.6) is 0 Å². The highest BCUT2D eigenvalue weighted by Gasteiger charge is 2.72. The van der Waals surface area contributed by atoms with Crippen LogP contribution in [0.25, 0.3) is 0 Å². The third-order valence-corrected chi connectivity index (χ3v) is 8.38. The molecule has 22 heavy (non-hydrogen) atoms. The number of azo groups is 1. The molecule has 1 aromatic carbocycles. The van der Waals surface area contributed by atoms with E-state index in [0.717, 1.165) is 24.8 Å². The molecular weight excluding hydrogens is 296 g/mol. The van der Waals surface area contributed by atoms with Crippen molar-refractivity contribution >= 4 is 9.84 Å². The van der Waals surface area contributed by atoms with Gasteiger partial charge in [-0.1, -0.05) is 17.7 Å². The van der Waals surface area contributed by atoms with Crippen molar-refractivity contribution in [3.8, 4) is 0 Å². The van der Waals surface area contributed by atoms with Crippen LogP contribution in [-0.2, 0) is 9.84 Å². The molecule has 118 valence electrons. The lowest BCUT2D eigenvalue weighted by Crippen LogP contribution is -2.51. The predicted molar refractivity (Wildman–Crippen MR) is 84.4 cm³/mol. The van der Waals surface area contributed by atoms with E-state index in [-0.39, 0.29) is 17.4 Å². The average molecular weight is 318 g/mol. The van der Waals surface area contributed by atoms with Gasteiger partial charge < -0.3 is 0 Å². The van der Waals surface area contributed by atoms with Crippen molar-refractivity contribution in [2.75, 3.05) is 0 Å². The standard InChI is InChI=1S/C17H22N2O2S/c1-11-4-8-14(9-5-11)22(20,21)17-13-7-6-12(10-13)15(17)16(2,3)18-19-17/h4-5,8-9,12-13,15H,6-7,10H2,1-3H3/t12-,13+,15+,17-/m0/s1. The molecule has 2 saturated carbocycles. The van der Waals surface area contributed by atoms with Crippen LogP contribution >= 0.6 is 0 Å². The first-order valence-corrected chi connectivity index (χ1v) is 9.53. The van der Waals surface area contributed by atoms with Crippen LogP contribution in [-0.4, -0.2) is 18.8 Å². The smallest absolute Gasteiger partial charge is 0.206 e. The van der Waals surface area contributed by atoms with Crippen molar-refractivity contribution in [3.63, 3.8) is 0 Å². The molecule has 0 radical (unpaired) electrons. The molecule has 1 aliphatic heterocycles. The van der Waals surface area contributed by atoms with Gasteiger partial charge in [-0.3, -0.25) is 0 Å². The number of nitrogens with zero attached hydrogens (tertiary/aromatic N) is 2. The predicted octanol–water partition coefficient (Wildman–Crippen LogP) is 3.76. The van der Waals surface area contributed by atoms with Crippen LogP contribution in [0.15, 0.2) is 39.4 Å². The molecule has 0 aromatic heterocycles. The van der Waals surface area contributed by atoms with Gasteiger partial charge in [0.05, 0.1) is 10.4 Å². The minimum Gasteiger partial charge on any atom is -0.221 e. The average Bonchev–Trinajstić information content (AvgIpc) is 3.11. The van der Waals surface area contributed by atoms with E-state index in [9.17, 15) is 8.42 Å². The number of aryl methyl sites for hydroxylation is 1. The largest absolute Gasteiger partial charge is 0.221 e. The molecule has 2 bridgehead atoms. The van der Waals surface area contributed by atoms with Crippen LogP contribution < -0.4 is 0 Å². The van der Waals surface area contributed by atoms with Gasteiger partial charge in [0.2, 0.25) is 9.84 Å². The van der Waals surface area contributed by atoms with E-state index >= 15 is 0 Å². The monoisotopic (exact) mass is 318 g/mol. The molecule has 2 aliphatic carbocycles. The molecule has 0 spiro atoms. The highest BCUT2D eigenvalue weighted by atomic mass is 32.2. The van der Waals surface area contributed by atoms with Crippen LogP contribution in [0.3, 0.4) is 0 Å². The highest BCUT2D eigenvalue weighted by molar-refractivity contribution is 7.92. The number of hydrogen-bond acceptors (Lipinski definition) is 4. The Kier molecular flexibility index (Phi) is 2.74. The summed E-state index contributed by atoms with van der Waals surface area (Å²) in [4.78, 5) is -0.624. The minimum absolute atomic E-state index is 0.0186. The Bertz CT molecular complexity index is 751. The quantitative estimate of drug-likeness (QED) is 0.833. The first-order valence-electron chi connectivity index (χ1n) is 8.04. The maximum Gasteiger partial charge on any atom is 0.206 e. The zero-order valence-corrected chi connectivity index (χ0v) is 14.1. The summed E-state index contributed by atoms with van der Waals surface area (Å²) in [6.07, 6.45) is 3.06. The van der Waals surface area contributed by atoms with E-state index < -0.39 is 14.7 Å². The lowest BCUT2D eigenvalue weighted by molar-refractivity contribution is 0.207. The molecule has 4 atom stereocenters. The Labute approximate surface area is 132 Å². The fourth-order valence-corrected chi connectivity index (χ4v) is 7.62. The highest BCUT2D eigenvalue weighted by Crippen LogP contribution is 2.66. The van der Waals surface area contributed by atoms with E-state index in [0.29, 0.717) is 10.8 Å². The summed E-state index contributed by atoms with van der Waals surface area (Å²) in [5.74, 6) is 0.583. The molecule has 0 unspecified atom stereocenters. The molecule has 2 fully saturated rings. The Morgan fingerprint density at radius 2 is 1.77 bits per heavy atom. The van der Waals surface area contributed by atoms with Gasteiger partial charge in [-0.25, -0.2) is 8.42 Å². The van der Waals surface area contributed by atoms with Gasteiger partial charge in [-0.05, 0) is 58.1 Å². The second-order valence-corrected chi connectivity index (χ2v) is 9.80. The van der Waals surface area contributed by atoms with Crippen molar-refractivity contribution in [1.82, 2.24) is 0 Å². The Hall–Kier alpha value is -1.23. The van der Waals surface area contributed by atoms with Gasteiger partial charge in [0, 0.05) is 11.8 Å². The molecule has 3 aliphatic rings. The number of benzene rings is 1. The maximum absolute atomic E-state index is 13.5. The third-order valence-electron chi connectivity index (χ3n) is 5.96. The minimum atomic E-state index is -3.52. The summed E-state index contributed by atoms with van der Waals surface area (Å²) < 4.78 is 26.9. The van der Waals surface area contributed by atoms with Gasteiger partial charge in [0.1, 0.15) is 0 Å². The van der Waals surface area contributed by atoms with Gasteiger partial charge in [0.15, 0.2) is 4.87 Å². The van der Waals surface area contributed by atoms with E-state index in [1.54, 1.807) is 12.1 Å². The zero-order valence-electron chi connectivity index (χ0n) is 13.3. The molecule has 0 saturated heterocycles. The summed E-state index contributed by atoms with van der Waals surface area (Å²) in [5, 5.41) is 8.89. The van der Waals surface area contributed by atoms with E-state index in [1.165, 1.54) is 0 Å². The topological polar surface area (TPSA) is 58.9 Å². The second-order valence-electron chi connectivity index (χ2n) is 7.67. The van der Waals surface area contributed by atoms with Crippen LogP contribution in [0, 0.1) is 24.7 Å². The fraction of sp³-hybridized carbons (Fsp3) is 0.647. The summed E-state index contributed by atoms with van der Waals surface area (Å²) in [6, 6.07) is 7.18. The molecule has 4 nitrogen and oxygen atoms in total. The molecular formula is C17H22N2O2S. The fourth-order valence-electron chi connectivity index (χ4n) is 5.13. The van der Waals surface area contributed by atoms with Gasteiger partial charge >= 0.3 is 0 Å². The number of hydrogen-bond donors (Lipinski definition) is 0. The first kappa shape index (κ1) is 14.4. The molecule has 1 heterocycles. The third kappa shape index (κ3) is 1.55. The SMILES string of the molecule is Cc1ccc(S(=O)(=O)[C@]23N=NC(C)(C)[C@H]2[C@H]2CC[C@@H]3C2)cc1. The summed E-state index contributed by atoms with van der Waals surface area (Å²) in [7, 11) is -3.52. The number of rotatable bonds is 2. The van der Waals surface area contributed by atoms with Gasteiger partial charge in [-0.15, -0.1) is 0 Å². The van der Waals surface area contributed by atoms with Crippen LogP contribution in [0.2, 0.25) is 0 Å². The zero-order chi connectivity index (χ0) is 15.8. The Morgan fingerprint density at radius 3 is 2.45 bits per heavy atom. The van der Waals surface area contributed by atoms with Gasteiger partial charge in [-0.2, -0.15) is 10.2 Å². The van der Waals surface area contributed by atoms with Crippen molar-refractivity contribution in [3.05, 3.63) is 29.8 Å². The normalized spacial score (nSPS) is 38.4. The van der Waals surface area contributed by atoms with Crippen molar-refractivity contribution in [2.24, 2.45) is 28.0 Å². The number of fused-ring (bicyclic) bond motifs is 5. The Morgan fingerprint density at radius 1 is 1.09 bits per heavy atom. The Balaban J connectivity index is 1.90. The number of sulfone groups is 1. The molecule has 4 rings (SSSR count). The molecule has 0 amide bonds. The lowest BCUT2D eigenvalue weighted by atomic mass is 9.74. The van der Waals surface area contributed by atoms with E-state index in [1.807, 2.05) is 32.9 Å². The first-order chi connectivity index (χ1) is 10.3. The van der Waals surface area contributed by atoms with Crippen molar-refractivity contribution in [2.45, 2.75) is 55.3 Å². The molecule has 1 aromatic rings. The van der Waals surface area contributed by atoms with Crippen molar-refractivity contribution in [1.29, 1.82) is 0 Å². The van der Waals surface area contributed by atoms with Crippen LogP contribution in [0.4, 0.5) is 0 Å². The summed E-state index contributed by atoms with van der Waals surface area (Å²) in [6.45, 7) is 6.04. The summed E-state index contributed by atoms with van der Waals surface area (Å²) >= 11 is 0. The second kappa shape index (κ2) is 4.19. The van der Waals surface area contributed by atoms with Crippen molar-refractivity contribution < 1.29 is 8.42 Å². The van der Waals surface area contributed by atoms with E-state index in [4.69, 9.17) is 0 Å². The maximum atomic E-state index is 13.5.